The van der Waals surface area contributed by atoms with Crippen LogP contribution < -0.4 is 0 Å². The second-order valence-electron chi connectivity index (χ2n) is 4.87. The van der Waals surface area contributed by atoms with Gasteiger partial charge in [0.2, 0.25) is 0 Å². The van der Waals surface area contributed by atoms with Gasteiger partial charge in [-0.25, -0.2) is 4.79 Å². The SMILES string of the molecule is C=CCOC(=O)N(CC)CC(=O)OCCCCCCCC. The summed E-state index contributed by atoms with van der Waals surface area (Å²) in [4.78, 5) is 24.5. The van der Waals surface area contributed by atoms with Crippen LogP contribution in [0.3, 0.4) is 0 Å². The van der Waals surface area contributed by atoms with E-state index in [4.69, 9.17) is 9.47 Å². The van der Waals surface area contributed by atoms with E-state index in [0.29, 0.717) is 13.2 Å². The zero-order valence-corrected chi connectivity index (χ0v) is 13.4. The monoisotopic (exact) mass is 299 g/mol. The van der Waals surface area contributed by atoms with Crippen LogP contribution >= 0.6 is 0 Å². The Morgan fingerprint density at radius 3 is 2.33 bits per heavy atom. The van der Waals surface area contributed by atoms with Crippen LogP contribution in [0.4, 0.5) is 4.79 Å². The molecular formula is C16H29NO4. The summed E-state index contributed by atoms with van der Waals surface area (Å²) in [6.45, 7) is 8.34. The Morgan fingerprint density at radius 1 is 1.05 bits per heavy atom. The Hall–Kier alpha value is -1.52. The van der Waals surface area contributed by atoms with Crippen LogP contribution in [-0.2, 0) is 14.3 Å². The van der Waals surface area contributed by atoms with E-state index in [1.54, 1.807) is 6.92 Å². The average Bonchev–Trinajstić information content (AvgIpc) is 2.49. The summed E-state index contributed by atoms with van der Waals surface area (Å²) >= 11 is 0. The molecule has 0 radical (unpaired) electrons. The third-order valence-electron chi connectivity index (χ3n) is 3.05. The van der Waals surface area contributed by atoms with Gasteiger partial charge < -0.3 is 9.47 Å². The number of rotatable bonds is 12. The van der Waals surface area contributed by atoms with Crippen LogP contribution in [0.5, 0.6) is 0 Å². The highest BCUT2D eigenvalue weighted by Gasteiger charge is 2.17. The minimum absolute atomic E-state index is 0.0672. The molecule has 0 spiro atoms. The van der Waals surface area contributed by atoms with E-state index in [-0.39, 0.29) is 19.1 Å². The van der Waals surface area contributed by atoms with Crippen molar-refractivity contribution < 1.29 is 19.1 Å². The van der Waals surface area contributed by atoms with Gasteiger partial charge in [0.15, 0.2) is 0 Å². The van der Waals surface area contributed by atoms with E-state index in [1.165, 1.54) is 36.7 Å². The van der Waals surface area contributed by atoms with Crippen molar-refractivity contribution in [3.05, 3.63) is 12.7 Å². The molecule has 0 saturated heterocycles. The highest BCUT2D eigenvalue weighted by Crippen LogP contribution is 2.05. The highest BCUT2D eigenvalue weighted by molar-refractivity contribution is 5.78. The molecule has 0 unspecified atom stereocenters. The van der Waals surface area contributed by atoms with Crippen molar-refractivity contribution in [3.63, 3.8) is 0 Å². The summed E-state index contributed by atoms with van der Waals surface area (Å²) < 4.78 is 10.0. The first-order chi connectivity index (χ1) is 10.2. The Labute approximate surface area is 128 Å². The van der Waals surface area contributed by atoms with E-state index >= 15 is 0 Å². The van der Waals surface area contributed by atoms with Crippen molar-refractivity contribution >= 4 is 12.1 Å². The van der Waals surface area contributed by atoms with Crippen LogP contribution in [0.2, 0.25) is 0 Å². The molecule has 0 bridgehead atoms. The summed E-state index contributed by atoms with van der Waals surface area (Å²) in [7, 11) is 0. The predicted octanol–water partition coefficient (Wildman–Crippen LogP) is 3.53. The van der Waals surface area contributed by atoms with Gasteiger partial charge in [0.25, 0.3) is 0 Å². The number of hydrogen-bond acceptors (Lipinski definition) is 4. The fourth-order valence-electron chi connectivity index (χ4n) is 1.80. The molecule has 0 aliphatic heterocycles. The Morgan fingerprint density at radius 2 is 1.71 bits per heavy atom. The lowest BCUT2D eigenvalue weighted by Gasteiger charge is -2.18. The van der Waals surface area contributed by atoms with Crippen molar-refractivity contribution in [3.8, 4) is 0 Å². The molecule has 0 aliphatic carbocycles. The van der Waals surface area contributed by atoms with E-state index in [0.717, 1.165) is 12.8 Å². The van der Waals surface area contributed by atoms with Crippen molar-refractivity contribution in [1.29, 1.82) is 0 Å². The van der Waals surface area contributed by atoms with Gasteiger partial charge in [0.1, 0.15) is 13.2 Å². The maximum atomic E-state index is 11.6. The molecule has 5 heteroatoms. The van der Waals surface area contributed by atoms with Crippen LogP contribution in [-0.4, -0.2) is 43.3 Å². The van der Waals surface area contributed by atoms with Gasteiger partial charge in [0, 0.05) is 6.54 Å². The van der Waals surface area contributed by atoms with Gasteiger partial charge in [0.05, 0.1) is 6.61 Å². The van der Waals surface area contributed by atoms with E-state index in [2.05, 4.69) is 13.5 Å². The summed E-state index contributed by atoms with van der Waals surface area (Å²) in [6, 6.07) is 0. The van der Waals surface area contributed by atoms with Gasteiger partial charge in [-0.2, -0.15) is 0 Å². The molecule has 0 fully saturated rings. The fourth-order valence-corrected chi connectivity index (χ4v) is 1.80. The van der Waals surface area contributed by atoms with Crippen molar-refractivity contribution in [2.24, 2.45) is 0 Å². The molecule has 0 atom stereocenters. The lowest BCUT2D eigenvalue weighted by molar-refractivity contribution is -0.144. The zero-order chi connectivity index (χ0) is 15.9. The Bertz CT molecular complexity index is 305. The third kappa shape index (κ3) is 10.9. The smallest absolute Gasteiger partial charge is 0.410 e. The number of ether oxygens (including phenoxy) is 2. The van der Waals surface area contributed by atoms with E-state index in [1.807, 2.05) is 0 Å². The summed E-state index contributed by atoms with van der Waals surface area (Å²) in [6.07, 6.45) is 7.83. The number of likely N-dealkylation sites (N-methyl/N-ethyl adjacent to an activating group) is 1. The quantitative estimate of drug-likeness (QED) is 0.314. The number of hydrogen-bond donors (Lipinski definition) is 0. The number of amides is 1. The number of carbonyl (C=O) groups is 2. The number of unbranched alkanes of at least 4 members (excludes halogenated alkanes) is 5. The predicted molar refractivity (Wildman–Crippen MR) is 83.1 cm³/mol. The van der Waals surface area contributed by atoms with Gasteiger partial charge in [-0.3, -0.25) is 9.69 Å². The Kier molecular flexibility index (Phi) is 12.5. The minimum atomic E-state index is -0.520. The number of carbonyl (C=O) groups excluding carboxylic acids is 2. The molecular weight excluding hydrogens is 270 g/mol. The molecule has 122 valence electrons. The molecule has 0 aromatic heterocycles. The van der Waals surface area contributed by atoms with Gasteiger partial charge >= 0.3 is 12.1 Å². The largest absolute Gasteiger partial charge is 0.464 e. The molecule has 0 rings (SSSR count). The number of nitrogens with zero attached hydrogens (tertiary/aromatic N) is 1. The zero-order valence-electron chi connectivity index (χ0n) is 13.4. The third-order valence-corrected chi connectivity index (χ3v) is 3.05. The summed E-state index contributed by atoms with van der Waals surface area (Å²) in [5.41, 5.74) is 0. The van der Waals surface area contributed by atoms with Crippen LogP contribution in [0, 0.1) is 0 Å². The lowest BCUT2D eigenvalue weighted by atomic mass is 10.1. The van der Waals surface area contributed by atoms with Crippen molar-refractivity contribution in [1.82, 2.24) is 4.90 Å². The van der Waals surface area contributed by atoms with Crippen LogP contribution in [0.25, 0.3) is 0 Å². The summed E-state index contributed by atoms with van der Waals surface area (Å²) in [5.74, 6) is -0.388. The molecule has 0 aliphatic rings. The molecule has 0 heterocycles. The van der Waals surface area contributed by atoms with Crippen molar-refractivity contribution in [2.75, 3.05) is 26.3 Å². The second kappa shape index (κ2) is 13.5. The first kappa shape index (κ1) is 19.5. The van der Waals surface area contributed by atoms with Gasteiger partial charge in [-0.1, -0.05) is 51.7 Å². The van der Waals surface area contributed by atoms with Gasteiger partial charge in [-0.15, -0.1) is 0 Å². The van der Waals surface area contributed by atoms with Crippen molar-refractivity contribution in [2.45, 2.75) is 52.4 Å². The molecule has 1 amide bonds. The van der Waals surface area contributed by atoms with E-state index < -0.39 is 6.09 Å². The van der Waals surface area contributed by atoms with E-state index in [9.17, 15) is 9.59 Å². The minimum Gasteiger partial charge on any atom is -0.464 e. The topological polar surface area (TPSA) is 55.8 Å². The van der Waals surface area contributed by atoms with Crippen LogP contribution in [0.1, 0.15) is 52.4 Å². The molecule has 0 saturated carbocycles. The normalized spacial score (nSPS) is 10.0. The maximum absolute atomic E-state index is 11.6. The molecule has 0 aromatic rings. The van der Waals surface area contributed by atoms with Gasteiger partial charge in [-0.05, 0) is 13.3 Å². The second-order valence-corrected chi connectivity index (χ2v) is 4.87. The average molecular weight is 299 g/mol. The molecule has 0 N–H and O–H groups in total. The molecule has 21 heavy (non-hydrogen) atoms. The Balaban J connectivity index is 3.74. The lowest BCUT2D eigenvalue weighted by Crippen LogP contribution is -2.36. The molecule has 0 aromatic carbocycles. The summed E-state index contributed by atoms with van der Waals surface area (Å²) in [5, 5.41) is 0. The first-order valence-electron chi connectivity index (χ1n) is 7.83. The fraction of sp³-hybridized carbons (Fsp3) is 0.750. The highest BCUT2D eigenvalue weighted by atomic mass is 16.6. The number of esters is 1. The standard InChI is InChI=1S/C16H29NO4/c1-4-7-8-9-10-11-13-20-15(18)14-17(6-3)16(19)21-12-5-2/h5H,2,4,6-14H2,1,3H3. The molecule has 5 nitrogen and oxygen atoms in total. The first-order valence-corrected chi connectivity index (χ1v) is 7.83. The van der Waals surface area contributed by atoms with Crippen LogP contribution in [0.15, 0.2) is 12.7 Å². The maximum Gasteiger partial charge on any atom is 0.410 e.